The molecule has 0 spiro atoms. The van der Waals surface area contributed by atoms with Gasteiger partial charge in [0.05, 0.1) is 4.90 Å². The Balaban J connectivity index is 2.65. The van der Waals surface area contributed by atoms with Crippen molar-refractivity contribution in [2.45, 2.75) is 31.6 Å². The van der Waals surface area contributed by atoms with E-state index < -0.39 is 11.0 Å². The first-order valence-electron chi connectivity index (χ1n) is 4.75. The van der Waals surface area contributed by atoms with Crippen molar-refractivity contribution in [3.8, 4) is 0 Å². The average Bonchev–Trinajstić information content (AvgIpc) is 2.19. The molecule has 1 atom stereocenters. The van der Waals surface area contributed by atoms with Crippen LogP contribution < -0.4 is 0 Å². The van der Waals surface area contributed by atoms with Crippen LogP contribution in [-0.2, 0) is 11.0 Å². The number of nitrogens with zero attached hydrogens (tertiary/aromatic N) is 1. The van der Waals surface area contributed by atoms with E-state index in [4.69, 9.17) is 0 Å². The second-order valence-corrected chi connectivity index (χ2v) is 4.32. The summed E-state index contributed by atoms with van der Waals surface area (Å²) < 4.78 is 15.5. The number of aryl methyl sites for hydroxylation is 1. The number of hydrogen-bond donors (Lipinski definition) is 0. The first kappa shape index (κ1) is 11.1. The molecule has 2 nitrogen and oxygen atoms in total. The molecule has 14 heavy (non-hydrogen) atoms. The fraction of sp³-hybridized carbons (Fsp3) is 0.364. The van der Waals surface area contributed by atoms with E-state index in [2.05, 4.69) is 11.3 Å². The van der Waals surface area contributed by atoms with E-state index in [9.17, 15) is 4.21 Å². The van der Waals surface area contributed by atoms with Gasteiger partial charge in [0.25, 0.3) is 0 Å². The summed E-state index contributed by atoms with van der Waals surface area (Å²) in [5.74, 6) is 0. The molecule has 0 bridgehead atoms. The molecule has 76 valence electrons. The van der Waals surface area contributed by atoms with Gasteiger partial charge in [0, 0.05) is 6.21 Å². The minimum Gasteiger partial charge on any atom is -0.230 e. The third-order valence-electron chi connectivity index (χ3n) is 1.81. The molecule has 0 saturated heterocycles. The molecular formula is C11H15NOS. The topological polar surface area (TPSA) is 29.4 Å². The molecule has 0 aromatic heterocycles. The van der Waals surface area contributed by atoms with Crippen molar-refractivity contribution in [1.82, 2.24) is 0 Å². The van der Waals surface area contributed by atoms with Gasteiger partial charge in [-0.15, -0.1) is 0 Å². The summed E-state index contributed by atoms with van der Waals surface area (Å²) in [6.45, 7) is 4.08. The highest BCUT2D eigenvalue weighted by atomic mass is 32.2. The van der Waals surface area contributed by atoms with Crippen LogP contribution in [0, 0.1) is 6.92 Å². The summed E-state index contributed by atoms with van der Waals surface area (Å²) in [6, 6.07) is 7.61. The van der Waals surface area contributed by atoms with Gasteiger partial charge < -0.3 is 0 Å². The van der Waals surface area contributed by atoms with E-state index in [1.54, 1.807) is 6.21 Å². The summed E-state index contributed by atoms with van der Waals surface area (Å²) in [5, 5.41) is 0. The molecule has 1 aromatic rings. The number of unbranched alkanes of at least 4 members (excludes halogenated alkanes) is 1. The predicted octanol–water partition coefficient (Wildman–Crippen LogP) is 2.89. The van der Waals surface area contributed by atoms with Gasteiger partial charge in [-0.05, 0) is 25.5 Å². The standard InChI is InChI=1S/C11H15NOS/c1-3-4-9-12-14(13)11-7-5-10(2)6-8-11/h5-9H,3-4H2,1-2H3/b12-9+/t14-/m1/s1. The van der Waals surface area contributed by atoms with E-state index in [1.807, 2.05) is 31.2 Å². The Morgan fingerprint density at radius 1 is 1.36 bits per heavy atom. The highest BCUT2D eigenvalue weighted by Crippen LogP contribution is 2.08. The van der Waals surface area contributed by atoms with Crippen LogP contribution in [-0.4, -0.2) is 10.4 Å². The highest BCUT2D eigenvalue weighted by Gasteiger charge is 1.98. The van der Waals surface area contributed by atoms with Crippen LogP contribution in [0.4, 0.5) is 0 Å². The van der Waals surface area contributed by atoms with Crippen molar-refractivity contribution in [1.29, 1.82) is 0 Å². The molecule has 0 aliphatic rings. The molecule has 1 aromatic carbocycles. The van der Waals surface area contributed by atoms with Crippen LogP contribution in [0.1, 0.15) is 25.3 Å². The first-order chi connectivity index (χ1) is 6.74. The summed E-state index contributed by atoms with van der Waals surface area (Å²) >= 11 is 0. The molecule has 3 heteroatoms. The summed E-state index contributed by atoms with van der Waals surface area (Å²) in [4.78, 5) is 0.767. The molecule has 0 amide bonds. The van der Waals surface area contributed by atoms with Crippen LogP contribution in [0.5, 0.6) is 0 Å². The molecule has 0 saturated carbocycles. The van der Waals surface area contributed by atoms with Gasteiger partial charge in [0.1, 0.15) is 0 Å². The lowest BCUT2D eigenvalue weighted by Crippen LogP contribution is -1.87. The fourth-order valence-electron chi connectivity index (χ4n) is 0.965. The average molecular weight is 209 g/mol. The maximum absolute atomic E-state index is 11.5. The van der Waals surface area contributed by atoms with Gasteiger partial charge in [-0.2, -0.15) is 4.40 Å². The Morgan fingerprint density at radius 3 is 2.57 bits per heavy atom. The van der Waals surface area contributed by atoms with Gasteiger partial charge in [0.15, 0.2) is 11.0 Å². The fourth-order valence-corrected chi connectivity index (χ4v) is 1.70. The Hall–Kier alpha value is -0.960. The lowest BCUT2D eigenvalue weighted by molar-refractivity contribution is 0.684. The lowest BCUT2D eigenvalue weighted by atomic mass is 10.2. The normalized spacial score (nSPS) is 13.3. The van der Waals surface area contributed by atoms with E-state index >= 15 is 0 Å². The molecule has 0 unspecified atom stereocenters. The van der Waals surface area contributed by atoms with Crippen LogP contribution in [0.25, 0.3) is 0 Å². The van der Waals surface area contributed by atoms with Crippen LogP contribution >= 0.6 is 0 Å². The minimum absolute atomic E-state index is 0.767. The SMILES string of the molecule is CCC/C=N/[S@](=O)c1ccc(C)cc1. The Morgan fingerprint density at radius 2 is 2.00 bits per heavy atom. The Bertz CT molecular complexity index is 330. The van der Waals surface area contributed by atoms with Gasteiger partial charge in [-0.25, -0.2) is 4.21 Å². The van der Waals surface area contributed by atoms with Crippen molar-refractivity contribution < 1.29 is 4.21 Å². The monoisotopic (exact) mass is 209 g/mol. The zero-order valence-corrected chi connectivity index (χ0v) is 9.38. The zero-order valence-electron chi connectivity index (χ0n) is 8.56. The van der Waals surface area contributed by atoms with Gasteiger partial charge in [0.2, 0.25) is 0 Å². The molecule has 0 aliphatic carbocycles. The van der Waals surface area contributed by atoms with Crippen molar-refractivity contribution in [2.75, 3.05) is 0 Å². The zero-order chi connectivity index (χ0) is 10.4. The van der Waals surface area contributed by atoms with Gasteiger partial charge >= 0.3 is 0 Å². The van der Waals surface area contributed by atoms with E-state index in [1.165, 1.54) is 5.56 Å². The number of benzene rings is 1. The lowest BCUT2D eigenvalue weighted by Gasteiger charge is -1.96. The number of rotatable bonds is 4. The maximum Gasteiger partial charge on any atom is 0.172 e. The second-order valence-electron chi connectivity index (χ2n) is 3.14. The summed E-state index contributed by atoms with van der Waals surface area (Å²) in [7, 11) is -1.22. The quantitative estimate of drug-likeness (QED) is 0.701. The molecule has 0 N–H and O–H groups in total. The molecule has 0 heterocycles. The first-order valence-corrected chi connectivity index (χ1v) is 5.86. The van der Waals surface area contributed by atoms with Crippen molar-refractivity contribution in [3.63, 3.8) is 0 Å². The third kappa shape index (κ3) is 3.42. The predicted molar refractivity (Wildman–Crippen MR) is 61.0 cm³/mol. The minimum atomic E-state index is -1.22. The van der Waals surface area contributed by atoms with Gasteiger partial charge in [-0.1, -0.05) is 31.0 Å². The van der Waals surface area contributed by atoms with Crippen LogP contribution in [0.15, 0.2) is 33.6 Å². The molecule has 0 aliphatic heterocycles. The third-order valence-corrected chi connectivity index (χ3v) is 2.83. The van der Waals surface area contributed by atoms with Crippen molar-refractivity contribution in [2.24, 2.45) is 4.40 Å². The van der Waals surface area contributed by atoms with E-state index in [-0.39, 0.29) is 0 Å². The molecular weight excluding hydrogens is 194 g/mol. The highest BCUT2D eigenvalue weighted by molar-refractivity contribution is 7.83. The van der Waals surface area contributed by atoms with Crippen LogP contribution in [0.2, 0.25) is 0 Å². The Labute approximate surface area is 87.7 Å². The number of hydrogen-bond acceptors (Lipinski definition) is 1. The Kier molecular flexibility index (Phi) is 4.53. The van der Waals surface area contributed by atoms with Gasteiger partial charge in [-0.3, -0.25) is 0 Å². The molecule has 0 fully saturated rings. The smallest absolute Gasteiger partial charge is 0.172 e. The summed E-state index contributed by atoms with van der Waals surface area (Å²) in [6.07, 6.45) is 3.65. The largest absolute Gasteiger partial charge is 0.230 e. The summed E-state index contributed by atoms with van der Waals surface area (Å²) in [5.41, 5.74) is 1.17. The second kappa shape index (κ2) is 5.70. The molecule has 1 rings (SSSR count). The van der Waals surface area contributed by atoms with Crippen molar-refractivity contribution in [3.05, 3.63) is 29.8 Å². The van der Waals surface area contributed by atoms with Crippen LogP contribution in [0.3, 0.4) is 0 Å². The van der Waals surface area contributed by atoms with E-state index in [0.717, 1.165) is 17.7 Å². The van der Waals surface area contributed by atoms with E-state index in [0.29, 0.717) is 0 Å². The molecule has 0 radical (unpaired) electrons. The van der Waals surface area contributed by atoms with Crippen molar-refractivity contribution >= 4 is 17.2 Å². The maximum atomic E-state index is 11.5.